The van der Waals surface area contributed by atoms with Crippen LogP contribution in [0.2, 0.25) is 12.1 Å². The molecule has 4 heteroatoms. The standard InChI is InChI=1S/C14H29NO2Si/c1-14(2)6-7-15-8-10-16-18(17-11-9-15)12-4-3-5-13-18/h14H,3-13H2,1-2H3. The molecule has 2 saturated heterocycles. The predicted octanol–water partition coefficient (Wildman–Crippen LogP) is 3.01. The van der Waals surface area contributed by atoms with Crippen LogP contribution in [0.5, 0.6) is 0 Å². The van der Waals surface area contributed by atoms with Gasteiger partial charge in [0, 0.05) is 26.3 Å². The summed E-state index contributed by atoms with van der Waals surface area (Å²) in [6, 6.07) is 2.47. The Morgan fingerprint density at radius 2 is 1.61 bits per heavy atom. The van der Waals surface area contributed by atoms with Gasteiger partial charge in [-0.05, 0) is 31.0 Å². The normalized spacial score (nSPS) is 26.2. The summed E-state index contributed by atoms with van der Waals surface area (Å²) in [4.78, 5) is 2.50. The van der Waals surface area contributed by atoms with Crippen molar-refractivity contribution in [2.24, 2.45) is 5.92 Å². The van der Waals surface area contributed by atoms with E-state index in [4.69, 9.17) is 8.85 Å². The van der Waals surface area contributed by atoms with Gasteiger partial charge in [-0.1, -0.05) is 33.1 Å². The second kappa shape index (κ2) is 7.03. The molecule has 0 atom stereocenters. The third-order valence-electron chi connectivity index (χ3n) is 4.18. The lowest BCUT2D eigenvalue weighted by molar-refractivity contribution is 0.0875. The molecular formula is C14H29NO2Si. The molecular weight excluding hydrogens is 242 g/mol. The molecule has 2 aliphatic heterocycles. The maximum atomic E-state index is 6.22. The van der Waals surface area contributed by atoms with Crippen molar-refractivity contribution < 1.29 is 8.85 Å². The summed E-state index contributed by atoms with van der Waals surface area (Å²) >= 11 is 0. The van der Waals surface area contributed by atoms with E-state index in [1.807, 2.05) is 0 Å². The summed E-state index contributed by atoms with van der Waals surface area (Å²) in [5, 5.41) is 0. The number of rotatable bonds is 3. The van der Waals surface area contributed by atoms with Gasteiger partial charge in [-0.15, -0.1) is 0 Å². The van der Waals surface area contributed by atoms with Crippen LogP contribution < -0.4 is 0 Å². The molecule has 0 aromatic heterocycles. The fourth-order valence-electron chi connectivity index (χ4n) is 2.92. The topological polar surface area (TPSA) is 21.7 Å². The van der Waals surface area contributed by atoms with E-state index in [9.17, 15) is 0 Å². The van der Waals surface area contributed by atoms with E-state index in [2.05, 4.69) is 18.7 Å². The average Bonchev–Trinajstić information content (AvgIpc) is 2.34. The van der Waals surface area contributed by atoms with Crippen molar-refractivity contribution in [3.8, 4) is 0 Å². The predicted molar refractivity (Wildman–Crippen MR) is 77.0 cm³/mol. The molecule has 0 radical (unpaired) electrons. The lowest BCUT2D eigenvalue weighted by Gasteiger charge is -2.37. The highest BCUT2D eigenvalue weighted by Gasteiger charge is 2.39. The van der Waals surface area contributed by atoms with Gasteiger partial charge in [0.2, 0.25) is 0 Å². The zero-order valence-electron chi connectivity index (χ0n) is 12.1. The zero-order valence-corrected chi connectivity index (χ0v) is 13.1. The van der Waals surface area contributed by atoms with Crippen molar-refractivity contribution in [2.75, 3.05) is 32.8 Å². The molecule has 2 fully saturated rings. The number of nitrogens with zero attached hydrogens (tertiary/aromatic N) is 1. The molecule has 2 heterocycles. The SMILES string of the molecule is CC(C)CCN1CCO[Si]2(CCCCC2)OCC1. The van der Waals surface area contributed by atoms with Crippen molar-refractivity contribution in [3.63, 3.8) is 0 Å². The first kappa shape index (κ1) is 14.5. The van der Waals surface area contributed by atoms with Crippen LogP contribution in [0, 0.1) is 5.92 Å². The summed E-state index contributed by atoms with van der Waals surface area (Å²) in [6.07, 6.45) is 5.30. The molecule has 0 saturated carbocycles. The van der Waals surface area contributed by atoms with Gasteiger partial charge in [0.15, 0.2) is 0 Å². The van der Waals surface area contributed by atoms with Crippen LogP contribution in [0.15, 0.2) is 0 Å². The van der Waals surface area contributed by atoms with Crippen molar-refractivity contribution >= 4 is 8.56 Å². The Labute approximate surface area is 113 Å². The van der Waals surface area contributed by atoms with Crippen molar-refractivity contribution in [1.29, 1.82) is 0 Å². The molecule has 3 nitrogen and oxygen atoms in total. The van der Waals surface area contributed by atoms with Crippen molar-refractivity contribution in [1.82, 2.24) is 4.90 Å². The third-order valence-corrected chi connectivity index (χ3v) is 7.87. The highest BCUT2D eigenvalue weighted by molar-refractivity contribution is 6.67. The van der Waals surface area contributed by atoms with E-state index < -0.39 is 8.56 Å². The van der Waals surface area contributed by atoms with Crippen LogP contribution in [0.4, 0.5) is 0 Å². The number of hydrogen-bond acceptors (Lipinski definition) is 3. The van der Waals surface area contributed by atoms with Gasteiger partial charge in [-0.3, -0.25) is 4.90 Å². The molecule has 0 unspecified atom stereocenters. The molecule has 18 heavy (non-hydrogen) atoms. The maximum Gasteiger partial charge on any atom is 0.338 e. The van der Waals surface area contributed by atoms with Crippen LogP contribution in [-0.2, 0) is 8.85 Å². The maximum absolute atomic E-state index is 6.22. The highest BCUT2D eigenvalue weighted by atomic mass is 28.4. The molecule has 1 spiro atoms. The van der Waals surface area contributed by atoms with E-state index >= 15 is 0 Å². The van der Waals surface area contributed by atoms with Gasteiger partial charge < -0.3 is 8.85 Å². The van der Waals surface area contributed by atoms with Crippen LogP contribution in [0.3, 0.4) is 0 Å². The van der Waals surface area contributed by atoms with E-state index in [1.54, 1.807) is 0 Å². The third kappa shape index (κ3) is 4.33. The van der Waals surface area contributed by atoms with Gasteiger partial charge >= 0.3 is 8.56 Å². The Morgan fingerprint density at radius 1 is 1.00 bits per heavy atom. The largest absolute Gasteiger partial charge is 0.393 e. The molecule has 0 aliphatic carbocycles. The molecule has 0 bridgehead atoms. The fourth-order valence-corrected chi connectivity index (χ4v) is 6.33. The van der Waals surface area contributed by atoms with Crippen LogP contribution in [-0.4, -0.2) is 46.3 Å². The van der Waals surface area contributed by atoms with Crippen molar-refractivity contribution in [3.05, 3.63) is 0 Å². The minimum absolute atomic E-state index is 0.788. The van der Waals surface area contributed by atoms with Crippen LogP contribution >= 0.6 is 0 Å². The molecule has 0 aromatic rings. The summed E-state index contributed by atoms with van der Waals surface area (Å²) < 4.78 is 12.4. The van der Waals surface area contributed by atoms with Gasteiger partial charge in [-0.2, -0.15) is 0 Å². The Morgan fingerprint density at radius 3 is 2.17 bits per heavy atom. The second-order valence-electron chi connectivity index (χ2n) is 6.19. The van der Waals surface area contributed by atoms with E-state index in [1.165, 1.54) is 44.3 Å². The first-order valence-electron chi connectivity index (χ1n) is 7.70. The molecule has 2 rings (SSSR count). The molecule has 0 amide bonds. The smallest absolute Gasteiger partial charge is 0.338 e. The Balaban J connectivity index is 1.76. The Hall–Kier alpha value is 0.0969. The van der Waals surface area contributed by atoms with E-state index in [0.29, 0.717) is 0 Å². The first-order valence-corrected chi connectivity index (χ1v) is 9.94. The minimum atomic E-state index is -1.75. The van der Waals surface area contributed by atoms with Gasteiger partial charge in [0.1, 0.15) is 0 Å². The summed E-state index contributed by atoms with van der Waals surface area (Å²) in [5.74, 6) is 0.788. The fraction of sp³-hybridized carbons (Fsp3) is 1.00. The Bertz CT molecular complexity index is 230. The Kier molecular flexibility index (Phi) is 5.67. The van der Waals surface area contributed by atoms with Gasteiger partial charge in [0.25, 0.3) is 0 Å². The monoisotopic (exact) mass is 271 g/mol. The van der Waals surface area contributed by atoms with Crippen molar-refractivity contribution in [2.45, 2.75) is 51.6 Å². The average molecular weight is 271 g/mol. The molecule has 2 aliphatic rings. The molecule has 0 N–H and O–H groups in total. The second-order valence-corrected chi connectivity index (χ2v) is 9.59. The van der Waals surface area contributed by atoms with Crippen LogP contribution in [0.25, 0.3) is 0 Å². The van der Waals surface area contributed by atoms with Gasteiger partial charge in [-0.25, -0.2) is 0 Å². The van der Waals surface area contributed by atoms with Crippen LogP contribution in [0.1, 0.15) is 39.5 Å². The highest BCUT2D eigenvalue weighted by Crippen LogP contribution is 2.31. The first-order chi connectivity index (χ1) is 8.70. The van der Waals surface area contributed by atoms with Gasteiger partial charge in [0.05, 0.1) is 0 Å². The zero-order chi connectivity index (χ0) is 12.8. The lowest BCUT2D eigenvalue weighted by Crippen LogP contribution is -2.49. The van der Waals surface area contributed by atoms with E-state index in [-0.39, 0.29) is 0 Å². The number of hydrogen-bond donors (Lipinski definition) is 0. The quantitative estimate of drug-likeness (QED) is 0.737. The molecule has 106 valence electrons. The summed E-state index contributed by atoms with van der Waals surface area (Å²) in [5.41, 5.74) is 0. The summed E-state index contributed by atoms with van der Waals surface area (Å²) in [7, 11) is -1.75. The van der Waals surface area contributed by atoms with E-state index in [0.717, 1.165) is 32.2 Å². The molecule has 0 aromatic carbocycles. The minimum Gasteiger partial charge on any atom is -0.393 e. The lowest BCUT2D eigenvalue weighted by atomic mass is 10.1. The summed E-state index contributed by atoms with van der Waals surface area (Å²) in [6.45, 7) is 9.77.